The summed E-state index contributed by atoms with van der Waals surface area (Å²) in [5, 5.41) is 8.68. The van der Waals surface area contributed by atoms with Crippen molar-refractivity contribution in [1.82, 2.24) is 4.98 Å². The largest absolute Gasteiger partial charge is 0.287 e. The van der Waals surface area contributed by atoms with Crippen molar-refractivity contribution in [3.05, 3.63) is 65.0 Å². The van der Waals surface area contributed by atoms with Crippen LogP contribution in [0.5, 0.6) is 0 Å². The minimum atomic E-state index is -0.118. The maximum atomic E-state index is 12.1. The molecule has 3 heteroatoms. The van der Waals surface area contributed by atoms with E-state index in [9.17, 15) is 4.79 Å². The van der Waals surface area contributed by atoms with Crippen molar-refractivity contribution in [2.75, 3.05) is 0 Å². The summed E-state index contributed by atoms with van der Waals surface area (Å²) in [5.74, 6) is -0.118. The zero-order valence-corrected chi connectivity index (χ0v) is 9.34. The Kier molecular flexibility index (Phi) is 2.97. The molecule has 1 heterocycles. The second kappa shape index (κ2) is 4.58. The first-order valence-corrected chi connectivity index (χ1v) is 5.19. The zero-order valence-electron chi connectivity index (χ0n) is 9.34. The van der Waals surface area contributed by atoms with Crippen LogP contribution in [0, 0.1) is 18.3 Å². The van der Waals surface area contributed by atoms with Gasteiger partial charge >= 0.3 is 0 Å². The lowest BCUT2D eigenvalue weighted by atomic mass is 10.0. The zero-order chi connectivity index (χ0) is 12.3. The SMILES string of the molecule is Cc1cccnc1C(=O)c1ccc(C#N)cc1. The van der Waals surface area contributed by atoms with Crippen molar-refractivity contribution >= 4 is 5.78 Å². The van der Waals surface area contributed by atoms with E-state index in [-0.39, 0.29) is 5.78 Å². The highest BCUT2D eigenvalue weighted by Crippen LogP contribution is 2.12. The van der Waals surface area contributed by atoms with Gasteiger partial charge in [-0.15, -0.1) is 0 Å². The lowest BCUT2D eigenvalue weighted by Gasteiger charge is -2.03. The molecule has 0 radical (unpaired) electrons. The minimum absolute atomic E-state index is 0.118. The van der Waals surface area contributed by atoms with Gasteiger partial charge in [0.25, 0.3) is 0 Å². The number of carbonyl (C=O) groups excluding carboxylic acids is 1. The molecule has 3 nitrogen and oxygen atoms in total. The molecule has 1 aromatic heterocycles. The van der Waals surface area contributed by atoms with Gasteiger partial charge in [0.1, 0.15) is 5.69 Å². The molecule has 0 N–H and O–H groups in total. The molecule has 1 aromatic carbocycles. The molecule has 0 aliphatic heterocycles. The van der Waals surface area contributed by atoms with E-state index in [4.69, 9.17) is 5.26 Å². The Hall–Kier alpha value is -2.47. The van der Waals surface area contributed by atoms with Crippen LogP contribution >= 0.6 is 0 Å². The third-order valence-electron chi connectivity index (χ3n) is 2.50. The van der Waals surface area contributed by atoms with E-state index in [1.807, 2.05) is 19.1 Å². The van der Waals surface area contributed by atoms with Gasteiger partial charge in [0.2, 0.25) is 5.78 Å². The molecule has 0 fully saturated rings. The van der Waals surface area contributed by atoms with Gasteiger partial charge in [-0.1, -0.05) is 6.07 Å². The number of nitriles is 1. The summed E-state index contributed by atoms with van der Waals surface area (Å²) in [4.78, 5) is 16.2. The van der Waals surface area contributed by atoms with Gasteiger partial charge in [-0.3, -0.25) is 9.78 Å². The van der Waals surface area contributed by atoms with E-state index in [0.29, 0.717) is 16.8 Å². The third kappa shape index (κ3) is 2.21. The van der Waals surface area contributed by atoms with E-state index in [2.05, 4.69) is 4.98 Å². The summed E-state index contributed by atoms with van der Waals surface area (Å²) in [6.45, 7) is 1.85. The molecular formula is C14H10N2O. The first-order valence-electron chi connectivity index (χ1n) is 5.19. The maximum Gasteiger partial charge on any atom is 0.211 e. The normalized spacial score (nSPS) is 9.65. The number of nitrogens with zero attached hydrogens (tertiary/aromatic N) is 2. The molecule has 2 aromatic rings. The Balaban J connectivity index is 2.38. The number of ketones is 1. The van der Waals surface area contributed by atoms with Crippen molar-refractivity contribution in [3.63, 3.8) is 0 Å². The third-order valence-corrected chi connectivity index (χ3v) is 2.50. The number of aryl methyl sites for hydroxylation is 1. The molecule has 0 bridgehead atoms. The Morgan fingerprint density at radius 3 is 2.53 bits per heavy atom. The van der Waals surface area contributed by atoms with Crippen molar-refractivity contribution in [2.45, 2.75) is 6.92 Å². The van der Waals surface area contributed by atoms with Gasteiger partial charge in [-0.25, -0.2) is 0 Å². The van der Waals surface area contributed by atoms with E-state index < -0.39 is 0 Å². The van der Waals surface area contributed by atoms with Crippen molar-refractivity contribution in [3.8, 4) is 6.07 Å². The molecule has 82 valence electrons. The summed E-state index contributed by atoms with van der Waals surface area (Å²) >= 11 is 0. The fourth-order valence-corrected chi connectivity index (χ4v) is 1.56. The van der Waals surface area contributed by atoms with Crippen LogP contribution < -0.4 is 0 Å². The van der Waals surface area contributed by atoms with Crippen LogP contribution in [0.2, 0.25) is 0 Å². The summed E-state index contributed by atoms with van der Waals surface area (Å²) in [5.41, 5.74) is 2.39. The van der Waals surface area contributed by atoms with E-state index >= 15 is 0 Å². The Morgan fingerprint density at radius 1 is 1.24 bits per heavy atom. The van der Waals surface area contributed by atoms with Crippen LogP contribution in [0.1, 0.15) is 27.2 Å². The number of benzene rings is 1. The number of hydrogen-bond acceptors (Lipinski definition) is 3. The lowest BCUT2D eigenvalue weighted by Crippen LogP contribution is -2.06. The number of aromatic nitrogens is 1. The van der Waals surface area contributed by atoms with Gasteiger partial charge < -0.3 is 0 Å². The van der Waals surface area contributed by atoms with Crippen LogP contribution in [0.25, 0.3) is 0 Å². The predicted molar refractivity (Wildman–Crippen MR) is 63.6 cm³/mol. The molecule has 0 saturated heterocycles. The molecule has 0 unspecified atom stereocenters. The Bertz CT molecular complexity index is 594. The van der Waals surface area contributed by atoms with Crippen molar-refractivity contribution in [1.29, 1.82) is 5.26 Å². The summed E-state index contributed by atoms with van der Waals surface area (Å²) in [6, 6.07) is 12.2. The topological polar surface area (TPSA) is 53.8 Å². The van der Waals surface area contributed by atoms with Crippen LogP contribution in [0.15, 0.2) is 42.6 Å². The van der Waals surface area contributed by atoms with E-state index in [1.54, 1.807) is 36.5 Å². The Labute approximate surface area is 99.4 Å². The van der Waals surface area contributed by atoms with Crippen LogP contribution in [-0.4, -0.2) is 10.8 Å². The number of rotatable bonds is 2. The second-order valence-corrected chi connectivity index (χ2v) is 3.69. The fraction of sp³-hybridized carbons (Fsp3) is 0.0714. The molecule has 0 aliphatic carbocycles. The van der Waals surface area contributed by atoms with E-state index in [0.717, 1.165) is 5.56 Å². The number of carbonyl (C=O) groups is 1. The summed E-state index contributed by atoms with van der Waals surface area (Å²) in [6.07, 6.45) is 1.60. The molecule has 0 atom stereocenters. The quantitative estimate of drug-likeness (QED) is 0.733. The van der Waals surface area contributed by atoms with Crippen LogP contribution in [0.3, 0.4) is 0 Å². The molecule has 0 amide bonds. The number of hydrogen-bond donors (Lipinski definition) is 0. The predicted octanol–water partition coefficient (Wildman–Crippen LogP) is 2.49. The van der Waals surface area contributed by atoms with Crippen molar-refractivity contribution < 1.29 is 4.79 Å². The lowest BCUT2D eigenvalue weighted by molar-refractivity contribution is 0.103. The highest BCUT2D eigenvalue weighted by atomic mass is 16.1. The van der Waals surface area contributed by atoms with Gasteiger partial charge in [0.15, 0.2) is 0 Å². The maximum absolute atomic E-state index is 12.1. The fourth-order valence-electron chi connectivity index (χ4n) is 1.56. The summed E-state index contributed by atoms with van der Waals surface area (Å²) in [7, 11) is 0. The van der Waals surface area contributed by atoms with E-state index in [1.165, 1.54) is 0 Å². The minimum Gasteiger partial charge on any atom is -0.287 e. The van der Waals surface area contributed by atoms with Gasteiger partial charge in [-0.2, -0.15) is 5.26 Å². The highest BCUT2D eigenvalue weighted by Gasteiger charge is 2.12. The first kappa shape index (κ1) is 11.0. The van der Waals surface area contributed by atoms with Crippen molar-refractivity contribution in [2.24, 2.45) is 0 Å². The second-order valence-electron chi connectivity index (χ2n) is 3.69. The monoisotopic (exact) mass is 222 g/mol. The average Bonchev–Trinajstić information content (AvgIpc) is 2.39. The van der Waals surface area contributed by atoms with Crippen LogP contribution in [-0.2, 0) is 0 Å². The van der Waals surface area contributed by atoms with Gasteiger partial charge in [0.05, 0.1) is 11.6 Å². The molecule has 17 heavy (non-hydrogen) atoms. The molecule has 2 rings (SSSR count). The summed E-state index contributed by atoms with van der Waals surface area (Å²) < 4.78 is 0. The molecule has 0 aliphatic rings. The van der Waals surface area contributed by atoms with Gasteiger partial charge in [-0.05, 0) is 42.8 Å². The smallest absolute Gasteiger partial charge is 0.211 e. The standard InChI is InChI=1S/C14H10N2O/c1-10-3-2-8-16-13(10)14(17)12-6-4-11(9-15)5-7-12/h2-8H,1H3. The molecule has 0 spiro atoms. The average molecular weight is 222 g/mol. The first-order chi connectivity index (χ1) is 8.22. The molecule has 0 saturated carbocycles. The van der Waals surface area contributed by atoms with Crippen LogP contribution in [0.4, 0.5) is 0 Å². The Morgan fingerprint density at radius 2 is 1.94 bits per heavy atom. The molecular weight excluding hydrogens is 212 g/mol. The van der Waals surface area contributed by atoms with Gasteiger partial charge in [0, 0.05) is 11.8 Å². The highest BCUT2D eigenvalue weighted by molar-refractivity contribution is 6.08. The number of pyridine rings is 1.